The van der Waals surface area contributed by atoms with Gasteiger partial charge in [-0.15, -0.1) is 0 Å². The average Bonchev–Trinajstić information content (AvgIpc) is 2.64. The van der Waals surface area contributed by atoms with Crippen LogP contribution in [-0.4, -0.2) is 28.6 Å². The van der Waals surface area contributed by atoms with Gasteiger partial charge in [-0.3, -0.25) is 9.69 Å². The Balaban J connectivity index is 2.17. The third-order valence-electron chi connectivity index (χ3n) is 4.96. The smallest absolute Gasteiger partial charge is 0.416 e. The molecule has 2 aromatic carbocycles. The molecule has 1 fully saturated rings. The number of aliphatic carboxylic acids is 1. The Bertz CT molecular complexity index is 854. The van der Waals surface area contributed by atoms with Gasteiger partial charge < -0.3 is 5.11 Å². The summed E-state index contributed by atoms with van der Waals surface area (Å²) in [5.74, 6) is -1.54. The molecule has 1 aliphatic rings. The van der Waals surface area contributed by atoms with Gasteiger partial charge in [-0.1, -0.05) is 30.2 Å². The van der Waals surface area contributed by atoms with E-state index in [0.717, 1.165) is 18.2 Å². The number of alkyl halides is 3. The first-order valence-electron chi connectivity index (χ1n) is 8.79. The van der Waals surface area contributed by atoms with Crippen LogP contribution in [0.25, 0.3) is 0 Å². The molecule has 2 unspecified atom stereocenters. The van der Waals surface area contributed by atoms with E-state index in [1.54, 1.807) is 4.90 Å². The van der Waals surface area contributed by atoms with E-state index in [9.17, 15) is 27.5 Å². The number of carboxylic acids is 1. The van der Waals surface area contributed by atoms with Crippen molar-refractivity contribution < 1.29 is 27.5 Å². The topological polar surface area (TPSA) is 40.5 Å². The van der Waals surface area contributed by atoms with Crippen LogP contribution < -0.4 is 0 Å². The molecule has 8 heteroatoms. The molecule has 150 valence electrons. The van der Waals surface area contributed by atoms with Crippen LogP contribution in [0.1, 0.15) is 42.0 Å². The van der Waals surface area contributed by atoms with Crippen molar-refractivity contribution in [1.82, 2.24) is 4.90 Å². The molecule has 1 heterocycles. The van der Waals surface area contributed by atoms with Crippen molar-refractivity contribution in [2.24, 2.45) is 0 Å². The summed E-state index contributed by atoms with van der Waals surface area (Å²) in [5, 5.41) is 9.73. The molecule has 3 rings (SSSR count). The summed E-state index contributed by atoms with van der Waals surface area (Å²) in [7, 11) is 0. The highest BCUT2D eigenvalue weighted by molar-refractivity contribution is 6.31. The lowest BCUT2D eigenvalue weighted by Gasteiger charge is -2.40. The van der Waals surface area contributed by atoms with Crippen LogP contribution in [0, 0.1) is 5.82 Å². The quantitative estimate of drug-likeness (QED) is 0.668. The number of benzene rings is 2. The predicted octanol–water partition coefficient (Wildman–Crippen LogP) is 5.53. The summed E-state index contributed by atoms with van der Waals surface area (Å²) in [5.41, 5.74) is -0.241. The SMILES string of the molecule is O=C(O)C1CCCCN1C(c1ccc(F)cc1)c1cc(C(F)(F)F)ccc1Cl. The molecule has 0 bridgehead atoms. The first kappa shape index (κ1) is 20.6. The minimum absolute atomic E-state index is 0.0945. The summed E-state index contributed by atoms with van der Waals surface area (Å²) in [4.78, 5) is 13.4. The van der Waals surface area contributed by atoms with Gasteiger partial charge in [0.1, 0.15) is 11.9 Å². The van der Waals surface area contributed by atoms with Gasteiger partial charge in [0.25, 0.3) is 0 Å². The van der Waals surface area contributed by atoms with Gasteiger partial charge in [-0.2, -0.15) is 13.2 Å². The first-order valence-corrected chi connectivity index (χ1v) is 9.17. The van der Waals surface area contributed by atoms with Crippen LogP contribution in [0.2, 0.25) is 5.02 Å². The molecular formula is C20H18ClF4NO2. The van der Waals surface area contributed by atoms with E-state index in [4.69, 9.17) is 11.6 Å². The molecule has 0 saturated carbocycles. The normalized spacial score (nSPS) is 19.4. The van der Waals surface area contributed by atoms with Gasteiger partial charge in [0.15, 0.2) is 0 Å². The highest BCUT2D eigenvalue weighted by Gasteiger charge is 2.38. The predicted molar refractivity (Wildman–Crippen MR) is 96.7 cm³/mol. The van der Waals surface area contributed by atoms with Gasteiger partial charge in [-0.05, 0) is 60.8 Å². The minimum atomic E-state index is -4.57. The first-order chi connectivity index (χ1) is 13.2. The molecular weight excluding hydrogens is 398 g/mol. The maximum Gasteiger partial charge on any atom is 0.416 e. The van der Waals surface area contributed by atoms with Crippen molar-refractivity contribution in [2.45, 2.75) is 37.5 Å². The highest BCUT2D eigenvalue weighted by atomic mass is 35.5. The van der Waals surface area contributed by atoms with Crippen molar-refractivity contribution in [3.63, 3.8) is 0 Å². The van der Waals surface area contributed by atoms with E-state index >= 15 is 0 Å². The fourth-order valence-corrected chi connectivity index (χ4v) is 3.87. The Morgan fingerprint density at radius 3 is 2.43 bits per heavy atom. The molecule has 0 radical (unpaired) electrons. The number of carboxylic acid groups (broad SMARTS) is 1. The Labute approximate surface area is 164 Å². The van der Waals surface area contributed by atoms with Gasteiger partial charge in [0.05, 0.1) is 11.6 Å². The number of hydrogen-bond acceptors (Lipinski definition) is 2. The number of hydrogen-bond donors (Lipinski definition) is 1. The second kappa shape index (κ2) is 8.09. The van der Waals surface area contributed by atoms with Crippen LogP contribution in [0.3, 0.4) is 0 Å². The van der Waals surface area contributed by atoms with Crippen molar-refractivity contribution in [3.05, 3.63) is 70.0 Å². The molecule has 1 aliphatic heterocycles. The van der Waals surface area contributed by atoms with Gasteiger partial charge in [-0.25, -0.2) is 4.39 Å². The monoisotopic (exact) mass is 415 g/mol. The van der Waals surface area contributed by atoms with Crippen molar-refractivity contribution in [2.75, 3.05) is 6.54 Å². The molecule has 0 amide bonds. The van der Waals surface area contributed by atoms with E-state index < -0.39 is 35.6 Å². The van der Waals surface area contributed by atoms with Crippen LogP contribution in [0.5, 0.6) is 0 Å². The number of likely N-dealkylation sites (tertiary alicyclic amines) is 1. The van der Waals surface area contributed by atoms with E-state index in [2.05, 4.69) is 0 Å². The Morgan fingerprint density at radius 2 is 1.82 bits per heavy atom. The molecule has 0 spiro atoms. The second-order valence-corrected chi connectivity index (χ2v) is 7.18. The number of halogens is 5. The maximum atomic E-state index is 13.4. The van der Waals surface area contributed by atoms with Crippen LogP contribution in [0.15, 0.2) is 42.5 Å². The third kappa shape index (κ3) is 4.31. The zero-order chi connectivity index (χ0) is 20.5. The lowest BCUT2D eigenvalue weighted by Crippen LogP contribution is -2.47. The van der Waals surface area contributed by atoms with Crippen molar-refractivity contribution in [3.8, 4) is 0 Å². The van der Waals surface area contributed by atoms with E-state index in [-0.39, 0.29) is 10.6 Å². The number of rotatable bonds is 4. The molecule has 1 N–H and O–H groups in total. The van der Waals surface area contributed by atoms with Crippen LogP contribution in [-0.2, 0) is 11.0 Å². The van der Waals surface area contributed by atoms with E-state index in [0.29, 0.717) is 31.4 Å². The molecule has 2 aromatic rings. The minimum Gasteiger partial charge on any atom is -0.480 e. The number of nitrogens with zero attached hydrogens (tertiary/aromatic N) is 1. The summed E-state index contributed by atoms with van der Waals surface area (Å²) in [6.07, 6.45) is -2.78. The average molecular weight is 416 g/mol. The zero-order valence-corrected chi connectivity index (χ0v) is 15.5. The van der Waals surface area contributed by atoms with E-state index in [1.165, 1.54) is 24.3 Å². The molecule has 0 aliphatic carbocycles. The molecule has 1 saturated heterocycles. The van der Waals surface area contributed by atoms with Gasteiger partial charge >= 0.3 is 12.1 Å². The standard InChI is InChI=1S/C20H18ClF4NO2/c21-16-9-6-13(20(23,24)25)11-15(16)18(12-4-7-14(22)8-5-12)26-10-2-1-3-17(26)19(27)28/h4-9,11,17-18H,1-3,10H2,(H,27,28). The zero-order valence-electron chi connectivity index (χ0n) is 14.7. The summed E-state index contributed by atoms with van der Waals surface area (Å²) in [6.45, 7) is 0.381. The lowest BCUT2D eigenvalue weighted by atomic mass is 9.91. The van der Waals surface area contributed by atoms with Crippen LogP contribution >= 0.6 is 11.6 Å². The molecule has 28 heavy (non-hydrogen) atoms. The molecule has 3 nitrogen and oxygen atoms in total. The Hall–Kier alpha value is -2.12. The number of piperidine rings is 1. The fraction of sp³-hybridized carbons (Fsp3) is 0.350. The largest absolute Gasteiger partial charge is 0.480 e. The van der Waals surface area contributed by atoms with Gasteiger partial charge in [0.2, 0.25) is 0 Å². The van der Waals surface area contributed by atoms with Gasteiger partial charge in [0, 0.05) is 5.02 Å². The highest BCUT2D eigenvalue weighted by Crippen LogP contribution is 2.40. The molecule has 0 aromatic heterocycles. The Morgan fingerprint density at radius 1 is 1.14 bits per heavy atom. The summed E-state index contributed by atoms with van der Waals surface area (Å²) in [6, 6.07) is 6.59. The van der Waals surface area contributed by atoms with Crippen molar-refractivity contribution >= 4 is 17.6 Å². The maximum absolute atomic E-state index is 13.4. The van der Waals surface area contributed by atoms with Crippen LogP contribution in [0.4, 0.5) is 17.6 Å². The fourth-order valence-electron chi connectivity index (χ4n) is 3.65. The van der Waals surface area contributed by atoms with E-state index in [1.807, 2.05) is 0 Å². The second-order valence-electron chi connectivity index (χ2n) is 6.78. The number of carbonyl (C=O) groups is 1. The molecule has 2 atom stereocenters. The third-order valence-corrected chi connectivity index (χ3v) is 5.31. The van der Waals surface area contributed by atoms with Crippen molar-refractivity contribution in [1.29, 1.82) is 0 Å². The summed E-state index contributed by atoms with van der Waals surface area (Å²) >= 11 is 6.25. The Kier molecular flexibility index (Phi) is 5.95. The summed E-state index contributed by atoms with van der Waals surface area (Å²) < 4.78 is 53.2. The lowest BCUT2D eigenvalue weighted by molar-refractivity contribution is -0.145.